The maximum Gasteiger partial charge on any atom is 0.162 e. The monoisotopic (exact) mass is 257 g/mol. The van der Waals surface area contributed by atoms with Gasteiger partial charge >= 0.3 is 0 Å². The van der Waals surface area contributed by atoms with Crippen molar-refractivity contribution >= 4 is 21.9 Å². The summed E-state index contributed by atoms with van der Waals surface area (Å²) in [7, 11) is 0. The fraction of sp³-hybridized carbons (Fsp3) is 0.222. The Morgan fingerprint density at radius 2 is 1.86 bits per heavy atom. The van der Waals surface area contributed by atoms with Crippen molar-refractivity contribution in [2.24, 2.45) is 0 Å². The number of aromatic carboxylic acids is 1. The van der Waals surface area contributed by atoms with Gasteiger partial charge in [-0.3, -0.25) is 0 Å². The molecule has 0 fully saturated rings. The first-order chi connectivity index (χ1) is 6.68. The van der Waals surface area contributed by atoms with Crippen molar-refractivity contribution in [2.45, 2.75) is 0 Å². The number of ether oxygens (including phenoxy) is 2. The number of rotatable bonds is 1. The van der Waals surface area contributed by atoms with Crippen LogP contribution in [0.5, 0.6) is 11.5 Å². The molecule has 0 spiro atoms. The van der Waals surface area contributed by atoms with Gasteiger partial charge in [-0.25, -0.2) is 0 Å². The second-order valence-corrected chi connectivity index (χ2v) is 3.62. The summed E-state index contributed by atoms with van der Waals surface area (Å²) in [4.78, 5) is 10.7. The van der Waals surface area contributed by atoms with Crippen molar-refractivity contribution in [1.29, 1.82) is 0 Å². The van der Waals surface area contributed by atoms with Gasteiger partial charge in [0.25, 0.3) is 0 Å². The molecule has 0 N–H and O–H groups in total. The molecule has 1 aliphatic heterocycles. The second-order valence-electron chi connectivity index (χ2n) is 2.76. The molecule has 0 saturated carbocycles. The van der Waals surface area contributed by atoms with E-state index >= 15 is 0 Å². The van der Waals surface area contributed by atoms with Gasteiger partial charge in [-0.1, -0.05) is 0 Å². The van der Waals surface area contributed by atoms with Crippen LogP contribution < -0.4 is 14.6 Å². The topological polar surface area (TPSA) is 58.6 Å². The van der Waals surface area contributed by atoms with Crippen molar-refractivity contribution in [2.75, 3.05) is 13.2 Å². The first-order valence-corrected chi connectivity index (χ1v) is 4.78. The zero-order chi connectivity index (χ0) is 10.1. The number of carbonyl (C=O) groups excluding carboxylic acids is 1. The van der Waals surface area contributed by atoms with E-state index < -0.39 is 5.97 Å². The minimum absolute atomic E-state index is 0.0641. The molecule has 0 unspecified atom stereocenters. The van der Waals surface area contributed by atoms with Gasteiger partial charge in [0.1, 0.15) is 13.2 Å². The van der Waals surface area contributed by atoms with E-state index in [0.717, 1.165) is 0 Å². The third kappa shape index (κ3) is 1.55. The van der Waals surface area contributed by atoms with Gasteiger partial charge in [-0.15, -0.1) is 0 Å². The number of hydrogen-bond acceptors (Lipinski definition) is 4. The molecule has 2 rings (SSSR count). The predicted octanol–water partition coefficient (Wildman–Crippen LogP) is 0.584. The Balaban J connectivity index is 2.50. The van der Waals surface area contributed by atoms with E-state index in [1.165, 1.54) is 6.07 Å². The number of benzene rings is 1. The number of carboxylic acid groups (broad SMARTS) is 1. The van der Waals surface area contributed by atoms with E-state index in [1.807, 2.05) is 0 Å². The molecule has 14 heavy (non-hydrogen) atoms. The van der Waals surface area contributed by atoms with Gasteiger partial charge in [-0.05, 0) is 28.1 Å². The average Bonchev–Trinajstić information content (AvgIpc) is 2.16. The van der Waals surface area contributed by atoms with Crippen LogP contribution in [0.25, 0.3) is 0 Å². The zero-order valence-corrected chi connectivity index (χ0v) is 8.67. The Morgan fingerprint density at radius 3 is 2.43 bits per heavy atom. The Morgan fingerprint density at radius 1 is 1.29 bits per heavy atom. The summed E-state index contributed by atoms with van der Waals surface area (Å²) in [6, 6.07) is 2.97. The first kappa shape index (κ1) is 9.33. The van der Waals surface area contributed by atoms with E-state index in [2.05, 4.69) is 15.9 Å². The lowest BCUT2D eigenvalue weighted by molar-refractivity contribution is -0.255. The van der Waals surface area contributed by atoms with E-state index in [4.69, 9.17) is 9.47 Å². The summed E-state index contributed by atoms with van der Waals surface area (Å²) in [5, 5.41) is 10.7. The van der Waals surface area contributed by atoms with E-state index in [1.54, 1.807) is 6.07 Å². The molecule has 1 aliphatic rings. The van der Waals surface area contributed by atoms with Crippen LogP contribution in [0.2, 0.25) is 0 Å². The Hall–Kier alpha value is -1.23. The van der Waals surface area contributed by atoms with Crippen molar-refractivity contribution < 1.29 is 19.4 Å². The van der Waals surface area contributed by atoms with E-state index in [9.17, 15) is 9.90 Å². The Bertz CT molecular complexity index is 389. The van der Waals surface area contributed by atoms with Gasteiger partial charge in [0.15, 0.2) is 11.5 Å². The SMILES string of the molecule is O=C([O-])c1cc2c(cc1Br)OCCO2. The minimum Gasteiger partial charge on any atom is -0.545 e. The highest BCUT2D eigenvalue weighted by Crippen LogP contribution is 2.35. The van der Waals surface area contributed by atoms with Gasteiger partial charge in [0.05, 0.1) is 5.97 Å². The average molecular weight is 258 g/mol. The molecule has 0 amide bonds. The quantitative estimate of drug-likeness (QED) is 0.739. The maximum absolute atomic E-state index is 10.7. The van der Waals surface area contributed by atoms with Gasteiger partial charge in [0.2, 0.25) is 0 Å². The summed E-state index contributed by atoms with van der Waals surface area (Å²) < 4.78 is 10.9. The Labute approximate surface area is 88.6 Å². The molecule has 4 nitrogen and oxygen atoms in total. The molecule has 0 radical (unpaired) electrons. The van der Waals surface area contributed by atoms with Crippen LogP contribution in [-0.2, 0) is 0 Å². The smallest absolute Gasteiger partial charge is 0.162 e. The molecule has 0 atom stereocenters. The van der Waals surface area contributed by atoms with Crippen LogP contribution in [0.1, 0.15) is 10.4 Å². The maximum atomic E-state index is 10.7. The molecule has 0 bridgehead atoms. The highest BCUT2D eigenvalue weighted by Gasteiger charge is 2.14. The number of carbonyl (C=O) groups is 1. The van der Waals surface area contributed by atoms with Crippen molar-refractivity contribution in [3.63, 3.8) is 0 Å². The summed E-state index contributed by atoms with van der Waals surface area (Å²) in [6.07, 6.45) is 0. The zero-order valence-electron chi connectivity index (χ0n) is 7.08. The van der Waals surface area contributed by atoms with Gasteiger partial charge in [-0.2, -0.15) is 0 Å². The largest absolute Gasteiger partial charge is 0.545 e. The van der Waals surface area contributed by atoms with E-state index in [0.29, 0.717) is 29.2 Å². The lowest BCUT2D eigenvalue weighted by Crippen LogP contribution is -2.23. The van der Waals surface area contributed by atoms with Gasteiger partial charge < -0.3 is 19.4 Å². The van der Waals surface area contributed by atoms with Crippen LogP contribution in [0.15, 0.2) is 16.6 Å². The van der Waals surface area contributed by atoms with Crippen molar-refractivity contribution in [3.8, 4) is 11.5 Å². The molecule has 74 valence electrons. The standard InChI is InChI=1S/C9H7BrO4/c10-6-4-8-7(13-1-2-14-8)3-5(6)9(11)12/h3-4H,1-2H2,(H,11,12)/p-1. The highest BCUT2D eigenvalue weighted by molar-refractivity contribution is 9.10. The molecular weight excluding hydrogens is 252 g/mol. The van der Waals surface area contributed by atoms with Crippen LogP contribution in [-0.4, -0.2) is 19.2 Å². The summed E-state index contributed by atoms with van der Waals surface area (Å²) >= 11 is 3.12. The van der Waals surface area contributed by atoms with Crippen LogP contribution >= 0.6 is 15.9 Å². The minimum atomic E-state index is -1.24. The second kappa shape index (κ2) is 3.49. The van der Waals surface area contributed by atoms with Crippen LogP contribution in [0.4, 0.5) is 0 Å². The Kier molecular flexibility index (Phi) is 2.33. The number of halogens is 1. The fourth-order valence-corrected chi connectivity index (χ4v) is 1.70. The molecule has 1 aromatic rings. The lowest BCUT2D eigenvalue weighted by Gasteiger charge is -2.20. The molecule has 1 aromatic carbocycles. The first-order valence-electron chi connectivity index (χ1n) is 3.99. The fourth-order valence-electron chi connectivity index (χ4n) is 1.22. The molecule has 0 saturated heterocycles. The number of hydrogen-bond donors (Lipinski definition) is 0. The van der Waals surface area contributed by atoms with Crippen LogP contribution in [0.3, 0.4) is 0 Å². The van der Waals surface area contributed by atoms with Gasteiger partial charge in [0, 0.05) is 10.0 Å². The number of carboxylic acids is 1. The van der Waals surface area contributed by atoms with Crippen LogP contribution in [0, 0.1) is 0 Å². The molecule has 0 aromatic heterocycles. The van der Waals surface area contributed by atoms with E-state index in [-0.39, 0.29) is 5.56 Å². The molecule has 0 aliphatic carbocycles. The lowest BCUT2D eigenvalue weighted by atomic mass is 10.2. The normalized spacial score (nSPS) is 13.8. The summed E-state index contributed by atoms with van der Waals surface area (Å²) in [5.74, 6) is -0.249. The number of fused-ring (bicyclic) bond motifs is 1. The van der Waals surface area contributed by atoms with Crippen molar-refractivity contribution in [3.05, 3.63) is 22.2 Å². The molecular formula is C9H6BrO4-. The predicted molar refractivity (Wildman–Crippen MR) is 49.5 cm³/mol. The molecule has 1 heterocycles. The summed E-state index contributed by atoms with van der Waals surface area (Å²) in [5.41, 5.74) is 0.0641. The van der Waals surface area contributed by atoms with Crippen molar-refractivity contribution in [1.82, 2.24) is 0 Å². The third-order valence-corrected chi connectivity index (χ3v) is 2.51. The summed E-state index contributed by atoms with van der Waals surface area (Å²) in [6.45, 7) is 0.908. The molecule has 5 heteroatoms. The third-order valence-electron chi connectivity index (χ3n) is 1.85. The highest BCUT2D eigenvalue weighted by atomic mass is 79.9.